The molecule has 0 aliphatic carbocycles. The van der Waals surface area contributed by atoms with Crippen LogP contribution in [0.2, 0.25) is 10.0 Å². The Hall–Kier alpha value is -3.72. The molecule has 10 heteroatoms. The summed E-state index contributed by atoms with van der Waals surface area (Å²) in [5.41, 5.74) is 5.88. The second kappa shape index (κ2) is 11.8. The van der Waals surface area contributed by atoms with Crippen LogP contribution in [0.5, 0.6) is 5.75 Å². The van der Waals surface area contributed by atoms with Gasteiger partial charge >= 0.3 is 0 Å². The van der Waals surface area contributed by atoms with Crippen LogP contribution in [-0.4, -0.2) is 29.6 Å². The van der Waals surface area contributed by atoms with E-state index in [0.717, 1.165) is 16.3 Å². The first-order valence-electron chi connectivity index (χ1n) is 10.7. The Labute approximate surface area is 221 Å². The Kier molecular flexibility index (Phi) is 8.32. The molecule has 182 valence electrons. The molecule has 0 unspecified atom stereocenters. The van der Waals surface area contributed by atoms with E-state index >= 15 is 0 Å². The molecule has 7 nitrogen and oxygen atoms in total. The van der Waals surface area contributed by atoms with Crippen LogP contribution >= 0.6 is 34.5 Å². The Morgan fingerprint density at radius 2 is 1.83 bits per heavy atom. The predicted octanol–water partition coefficient (Wildman–Crippen LogP) is 6.21. The van der Waals surface area contributed by atoms with Gasteiger partial charge in [-0.25, -0.2) is 10.4 Å². The van der Waals surface area contributed by atoms with Crippen LogP contribution in [0.3, 0.4) is 0 Å². The van der Waals surface area contributed by atoms with Gasteiger partial charge in [-0.2, -0.15) is 5.10 Å². The lowest BCUT2D eigenvalue weighted by molar-refractivity contribution is -0.118. The van der Waals surface area contributed by atoms with Crippen LogP contribution in [0.25, 0.3) is 11.3 Å². The maximum absolute atomic E-state index is 12.5. The summed E-state index contributed by atoms with van der Waals surface area (Å²) >= 11 is 13.4. The quantitative estimate of drug-likeness (QED) is 0.206. The van der Waals surface area contributed by atoms with Gasteiger partial charge in [0.1, 0.15) is 5.75 Å². The average Bonchev–Trinajstić information content (AvgIpc) is 3.32. The molecule has 3 aromatic carbocycles. The lowest BCUT2D eigenvalue weighted by atomic mass is 10.1. The molecule has 0 spiro atoms. The van der Waals surface area contributed by atoms with E-state index in [9.17, 15) is 9.59 Å². The number of para-hydroxylation sites is 1. The Morgan fingerprint density at radius 3 is 2.56 bits per heavy atom. The predicted molar refractivity (Wildman–Crippen MR) is 144 cm³/mol. The molecule has 0 saturated heterocycles. The maximum Gasteiger partial charge on any atom is 0.271 e. The van der Waals surface area contributed by atoms with Crippen LogP contribution < -0.4 is 15.5 Å². The summed E-state index contributed by atoms with van der Waals surface area (Å²) in [4.78, 5) is 29.2. The van der Waals surface area contributed by atoms with Gasteiger partial charge in [0, 0.05) is 27.8 Å². The summed E-state index contributed by atoms with van der Waals surface area (Å²) in [6.07, 6.45) is 1.45. The van der Waals surface area contributed by atoms with Gasteiger partial charge < -0.3 is 10.1 Å². The monoisotopic (exact) mass is 538 g/mol. The standard InChI is InChI=1S/C26H20Cl2N4O3S/c1-16-30-23(15-36-16)17-6-8-18(9-7-17)26(34)32-29-13-19-4-2-3-5-24(19)35-14-25(33)31-20-10-11-21(27)22(28)12-20/h2-13,15H,14H2,1H3,(H,31,33)(H,32,34)/b29-13+. The van der Waals surface area contributed by atoms with Crippen LogP contribution in [0.4, 0.5) is 5.69 Å². The third kappa shape index (κ3) is 6.69. The van der Waals surface area contributed by atoms with Gasteiger partial charge in [-0.1, -0.05) is 47.5 Å². The van der Waals surface area contributed by atoms with Gasteiger partial charge in [0.2, 0.25) is 0 Å². The Morgan fingerprint density at radius 1 is 1.06 bits per heavy atom. The van der Waals surface area contributed by atoms with Crippen molar-refractivity contribution < 1.29 is 14.3 Å². The number of rotatable bonds is 8. The van der Waals surface area contributed by atoms with Gasteiger partial charge in [0.15, 0.2) is 6.61 Å². The third-order valence-corrected chi connectivity index (χ3v) is 6.43. The Bertz CT molecular complexity index is 1420. The topological polar surface area (TPSA) is 92.7 Å². The van der Waals surface area contributed by atoms with Gasteiger partial charge in [-0.3, -0.25) is 9.59 Å². The van der Waals surface area contributed by atoms with Crippen molar-refractivity contribution >= 4 is 58.3 Å². The van der Waals surface area contributed by atoms with Crippen molar-refractivity contribution in [1.29, 1.82) is 0 Å². The first kappa shape index (κ1) is 25.4. The van der Waals surface area contributed by atoms with E-state index in [4.69, 9.17) is 27.9 Å². The molecule has 0 saturated carbocycles. The number of amides is 2. The number of hydrogen-bond donors (Lipinski definition) is 2. The highest BCUT2D eigenvalue weighted by Gasteiger charge is 2.09. The number of halogens is 2. The first-order chi connectivity index (χ1) is 17.4. The molecular formula is C26H20Cl2N4O3S. The highest BCUT2D eigenvalue weighted by atomic mass is 35.5. The van der Waals surface area contributed by atoms with E-state index in [1.54, 1.807) is 65.9 Å². The molecule has 1 heterocycles. The van der Waals surface area contributed by atoms with Crippen LogP contribution in [0, 0.1) is 6.92 Å². The summed E-state index contributed by atoms with van der Waals surface area (Å²) in [5.74, 6) is -0.293. The van der Waals surface area contributed by atoms with Crippen molar-refractivity contribution in [3.8, 4) is 17.0 Å². The largest absolute Gasteiger partial charge is 0.483 e. The molecule has 2 amide bonds. The van der Waals surface area contributed by atoms with Crippen molar-refractivity contribution in [2.24, 2.45) is 5.10 Å². The van der Waals surface area contributed by atoms with E-state index in [2.05, 4.69) is 20.8 Å². The van der Waals surface area contributed by atoms with Crippen LogP contribution in [-0.2, 0) is 4.79 Å². The summed E-state index contributed by atoms with van der Waals surface area (Å²) in [6, 6.07) is 19.0. The third-order valence-electron chi connectivity index (χ3n) is 4.91. The smallest absolute Gasteiger partial charge is 0.271 e. The van der Waals surface area contributed by atoms with E-state index in [0.29, 0.717) is 32.6 Å². The molecule has 0 fully saturated rings. The molecule has 0 radical (unpaired) electrons. The number of carbonyl (C=O) groups is 2. The lowest BCUT2D eigenvalue weighted by Crippen LogP contribution is -2.20. The van der Waals surface area contributed by atoms with Gasteiger partial charge in [-0.15, -0.1) is 11.3 Å². The number of aryl methyl sites for hydroxylation is 1. The van der Waals surface area contributed by atoms with E-state index in [-0.39, 0.29) is 18.4 Å². The number of nitrogens with zero attached hydrogens (tertiary/aromatic N) is 2. The molecule has 0 aliphatic heterocycles. The van der Waals surface area contributed by atoms with E-state index < -0.39 is 0 Å². The fourth-order valence-corrected chi connectivity index (χ4v) is 4.07. The zero-order valence-corrected chi connectivity index (χ0v) is 21.3. The number of anilines is 1. The molecule has 1 aromatic heterocycles. The van der Waals surface area contributed by atoms with E-state index in [1.165, 1.54) is 6.21 Å². The zero-order valence-electron chi connectivity index (χ0n) is 19.0. The minimum Gasteiger partial charge on any atom is -0.483 e. The summed E-state index contributed by atoms with van der Waals surface area (Å²) < 4.78 is 5.64. The molecule has 36 heavy (non-hydrogen) atoms. The number of carbonyl (C=O) groups excluding carboxylic acids is 2. The highest BCUT2D eigenvalue weighted by Crippen LogP contribution is 2.25. The minimum absolute atomic E-state index is 0.234. The molecular weight excluding hydrogens is 519 g/mol. The summed E-state index contributed by atoms with van der Waals surface area (Å²) in [7, 11) is 0. The fourth-order valence-electron chi connectivity index (χ4n) is 3.15. The average molecular weight is 539 g/mol. The number of nitrogens with one attached hydrogen (secondary N) is 2. The van der Waals surface area contributed by atoms with Crippen molar-refractivity contribution in [3.63, 3.8) is 0 Å². The molecule has 0 atom stereocenters. The second-order valence-corrected chi connectivity index (χ2v) is 9.41. The number of benzene rings is 3. The second-order valence-electron chi connectivity index (χ2n) is 7.53. The van der Waals surface area contributed by atoms with Crippen molar-refractivity contribution in [2.45, 2.75) is 6.92 Å². The molecule has 2 N–H and O–H groups in total. The van der Waals surface area contributed by atoms with Gasteiger partial charge in [0.25, 0.3) is 11.8 Å². The van der Waals surface area contributed by atoms with E-state index in [1.807, 2.05) is 24.4 Å². The zero-order chi connectivity index (χ0) is 25.5. The Balaban J connectivity index is 1.33. The molecule has 4 rings (SSSR count). The molecule has 0 aliphatic rings. The van der Waals surface area contributed by atoms with Crippen molar-refractivity contribution in [1.82, 2.24) is 10.4 Å². The highest BCUT2D eigenvalue weighted by molar-refractivity contribution is 7.09. The van der Waals surface area contributed by atoms with Crippen molar-refractivity contribution in [2.75, 3.05) is 11.9 Å². The summed E-state index contributed by atoms with van der Waals surface area (Å²) in [6.45, 7) is 1.71. The maximum atomic E-state index is 12.5. The van der Waals surface area contributed by atoms with Crippen LogP contribution in [0.15, 0.2) is 77.2 Å². The lowest BCUT2D eigenvalue weighted by Gasteiger charge is -2.10. The van der Waals surface area contributed by atoms with Gasteiger partial charge in [-0.05, 0) is 49.4 Å². The summed E-state index contributed by atoms with van der Waals surface area (Å²) in [5, 5.41) is 10.4. The number of aromatic nitrogens is 1. The fraction of sp³-hybridized carbons (Fsp3) is 0.0769. The number of hydrazone groups is 1. The number of thiazole rings is 1. The first-order valence-corrected chi connectivity index (χ1v) is 12.4. The van der Waals surface area contributed by atoms with Gasteiger partial charge in [0.05, 0.1) is 27.0 Å². The van der Waals surface area contributed by atoms with Crippen LogP contribution in [0.1, 0.15) is 20.9 Å². The minimum atomic E-state index is -0.371. The SMILES string of the molecule is Cc1nc(-c2ccc(C(=O)N/N=C/c3ccccc3OCC(=O)Nc3ccc(Cl)c(Cl)c3)cc2)cs1. The number of hydrogen-bond acceptors (Lipinski definition) is 6. The molecule has 0 bridgehead atoms. The van der Waals surface area contributed by atoms with Crippen molar-refractivity contribution in [3.05, 3.63) is 98.3 Å². The number of ether oxygens (including phenoxy) is 1. The normalized spacial score (nSPS) is 10.9. The molecule has 4 aromatic rings.